The van der Waals surface area contributed by atoms with E-state index in [1.807, 2.05) is 11.3 Å². The van der Waals surface area contributed by atoms with E-state index < -0.39 is 0 Å². The Morgan fingerprint density at radius 2 is 2.31 bits per heavy atom. The molecule has 1 aliphatic rings. The molecule has 0 amide bonds. The van der Waals surface area contributed by atoms with Crippen LogP contribution in [0.25, 0.3) is 0 Å². The van der Waals surface area contributed by atoms with Gasteiger partial charge in [0, 0.05) is 10.9 Å². The van der Waals surface area contributed by atoms with Crippen LogP contribution in [0.2, 0.25) is 0 Å². The first-order valence-corrected chi connectivity index (χ1v) is 5.76. The van der Waals surface area contributed by atoms with E-state index in [0.29, 0.717) is 11.5 Å². The molecule has 2 rings (SSSR count). The van der Waals surface area contributed by atoms with Crippen LogP contribution in [0.3, 0.4) is 0 Å². The lowest BCUT2D eigenvalue weighted by atomic mass is 9.74. The fourth-order valence-corrected chi connectivity index (χ4v) is 3.56. The van der Waals surface area contributed by atoms with E-state index in [9.17, 15) is 0 Å². The van der Waals surface area contributed by atoms with Crippen molar-refractivity contribution < 1.29 is 0 Å². The SMILES string of the molecule is CNC1c2sccc2CCC1(C)C. The Hall–Kier alpha value is -0.340. The van der Waals surface area contributed by atoms with Crippen LogP contribution in [-0.4, -0.2) is 7.05 Å². The van der Waals surface area contributed by atoms with Gasteiger partial charge in [-0.25, -0.2) is 0 Å². The molecule has 1 aliphatic carbocycles. The average molecular weight is 195 g/mol. The molecule has 0 spiro atoms. The van der Waals surface area contributed by atoms with Gasteiger partial charge in [-0.15, -0.1) is 11.3 Å². The molecule has 72 valence electrons. The molecule has 0 bridgehead atoms. The highest BCUT2D eigenvalue weighted by Crippen LogP contribution is 2.45. The lowest BCUT2D eigenvalue weighted by Gasteiger charge is -2.38. The fourth-order valence-electron chi connectivity index (χ4n) is 2.29. The van der Waals surface area contributed by atoms with E-state index in [1.165, 1.54) is 12.8 Å². The number of aryl methyl sites for hydroxylation is 1. The highest BCUT2D eigenvalue weighted by molar-refractivity contribution is 7.10. The van der Waals surface area contributed by atoms with Gasteiger partial charge in [0.1, 0.15) is 0 Å². The molecule has 1 nitrogen and oxygen atoms in total. The largest absolute Gasteiger partial charge is 0.312 e. The van der Waals surface area contributed by atoms with Crippen molar-refractivity contribution in [3.8, 4) is 0 Å². The highest BCUT2D eigenvalue weighted by atomic mass is 32.1. The lowest BCUT2D eigenvalue weighted by Crippen LogP contribution is -2.35. The normalized spacial score (nSPS) is 25.6. The monoisotopic (exact) mass is 195 g/mol. The third kappa shape index (κ3) is 1.42. The van der Waals surface area contributed by atoms with E-state index in [-0.39, 0.29) is 0 Å². The Bertz CT molecular complexity index is 301. The van der Waals surface area contributed by atoms with Crippen molar-refractivity contribution in [3.05, 3.63) is 21.9 Å². The summed E-state index contributed by atoms with van der Waals surface area (Å²) in [6.07, 6.45) is 2.55. The minimum Gasteiger partial charge on any atom is -0.312 e. The summed E-state index contributed by atoms with van der Waals surface area (Å²) in [4.78, 5) is 1.55. The molecule has 1 atom stereocenters. The molecular formula is C11H17NS. The number of rotatable bonds is 1. The number of fused-ring (bicyclic) bond motifs is 1. The number of hydrogen-bond donors (Lipinski definition) is 1. The minimum atomic E-state index is 0.409. The zero-order chi connectivity index (χ0) is 9.47. The van der Waals surface area contributed by atoms with Crippen LogP contribution < -0.4 is 5.32 Å². The summed E-state index contributed by atoms with van der Waals surface area (Å²) >= 11 is 1.90. The average Bonchev–Trinajstić information content (AvgIpc) is 2.50. The van der Waals surface area contributed by atoms with Gasteiger partial charge in [-0.2, -0.15) is 0 Å². The zero-order valence-electron chi connectivity index (χ0n) is 8.55. The predicted molar refractivity (Wildman–Crippen MR) is 58.2 cm³/mol. The molecule has 0 saturated heterocycles. The summed E-state index contributed by atoms with van der Waals surface area (Å²) < 4.78 is 0. The van der Waals surface area contributed by atoms with Crippen LogP contribution in [-0.2, 0) is 6.42 Å². The molecule has 0 saturated carbocycles. The Kier molecular flexibility index (Phi) is 2.20. The molecule has 1 N–H and O–H groups in total. The van der Waals surface area contributed by atoms with Gasteiger partial charge in [0.05, 0.1) is 0 Å². The van der Waals surface area contributed by atoms with Crippen LogP contribution >= 0.6 is 11.3 Å². The van der Waals surface area contributed by atoms with Gasteiger partial charge in [0.2, 0.25) is 0 Å². The first-order chi connectivity index (χ1) is 6.15. The smallest absolute Gasteiger partial charge is 0.0467 e. The second-order valence-electron chi connectivity index (χ2n) is 4.52. The van der Waals surface area contributed by atoms with Crippen LogP contribution in [0.1, 0.15) is 36.8 Å². The van der Waals surface area contributed by atoms with Gasteiger partial charge in [0.15, 0.2) is 0 Å². The van der Waals surface area contributed by atoms with E-state index >= 15 is 0 Å². The van der Waals surface area contributed by atoms with Gasteiger partial charge in [-0.3, -0.25) is 0 Å². The molecule has 0 radical (unpaired) electrons. The second kappa shape index (κ2) is 3.10. The highest BCUT2D eigenvalue weighted by Gasteiger charge is 2.35. The molecule has 0 aromatic carbocycles. The van der Waals surface area contributed by atoms with Crippen molar-refractivity contribution in [1.29, 1.82) is 0 Å². The summed E-state index contributed by atoms with van der Waals surface area (Å²) in [5.41, 5.74) is 1.97. The topological polar surface area (TPSA) is 12.0 Å². The van der Waals surface area contributed by atoms with Gasteiger partial charge < -0.3 is 5.32 Å². The molecule has 1 heterocycles. The van der Waals surface area contributed by atoms with Crippen LogP contribution in [0.15, 0.2) is 11.4 Å². The Morgan fingerprint density at radius 1 is 1.54 bits per heavy atom. The lowest BCUT2D eigenvalue weighted by molar-refractivity contribution is 0.223. The van der Waals surface area contributed by atoms with Gasteiger partial charge in [-0.1, -0.05) is 13.8 Å². The molecule has 1 aromatic heterocycles. The molecule has 1 unspecified atom stereocenters. The van der Waals surface area contributed by atoms with Gasteiger partial charge >= 0.3 is 0 Å². The van der Waals surface area contributed by atoms with Crippen molar-refractivity contribution >= 4 is 11.3 Å². The first-order valence-electron chi connectivity index (χ1n) is 4.88. The summed E-state index contributed by atoms with van der Waals surface area (Å²) in [7, 11) is 2.07. The zero-order valence-corrected chi connectivity index (χ0v) is 9.37. The van der Waals surface area contributed by atoms with Crippen molar-refractivity contribution in [2.45, 2.75) is 32.7 Å². The maximum absolute atomic E-state index is 3.45. The minimum absolute atomic E-state index is 0.409. The Labute approximate surface area is 84.2 Å². The van der Waals surface area contributed by atoms with Gasteiger partial charge in [0.25, 0.3) is 0 Å². The van der Waals surface area contributed by atoms with Crippen molar-refractivity contribution in [1.82, 2.24) is 5.32 Å². The third-order valence-electron chi connectivity index (χ3n) is 3.15. The van der Waals surface area contributed by atoms with E-state index in [1.54, 1.807) is 10.4 Å². The third-order valence-corrected chi connectivity index (χ3v) is 4.18. The quantitative estimate of drug-likeness (QED) is 0.726. The van der Waals surface area contributed by atoms with Gasteiger partial charge in [-0.05, 0) is 42.3 Å². The standard InChI is InChI=1S/C11H17NS/c1-11(2)6-4-8-5-7-13-9(8)10(11)12-3/h5,7,10,12H,4,6H2,1-3H3. The predicted octanol–water partition coefficient (Wildman–Crippen LogP) is 2.98. The van der Waals surface area contributed by atoms with Crippen LogP contribution in [0.4, 0.5) is 0 Å². The Balaban J connectivity index is 2.41. The number of nitrogens with one attached hydrogen (secondary N) is 1. The van der Waals surface area contributed by atoms with E-state index in [4.69, 9.17) is 0 Å². The molecule has 0 fully saturated rings. The van der Waals surface area contributed by atoms with Crippen molar-refractivity contribution in [2.24, 2.45) is 5.41 Å². The van der Waals surface area contributed by atoms with Crippen molar-refractivity contribution in [3.63, 3.8) is 0 Å². The number of thiophene rings is 1. The summed E-state index contributed by atoms with van der Waals surface area (Å²) in [6, 6.07) is 2.83. The fraction of sp³-hybridized carbons (Fsp3) is 0.636. The van der Waals surface area contributed by atoms with E-state index in [0.717, 1.165) is 0 Å². The Morgan fingerprint density at radius 3 is 3.00 bits per heavy atom. The molecule has 2 heteroatoms. The molecular weight excluding hydrogens is 178 g/mol. The van der Waals surface area contributed by atoms with Crippen molar-refractivity contribution in [2.75, 3.05) is 7.05 Å². The molecule has 13 heavy (non-hydrogen) atoms. The second-order valence-corrected chi connectivity index (χ2v) is 5.47. The summed E-state index contributed by atoms with van der Waals surface area (Å²) in [5.74, 6) is 0. The van der Waals surface area contributed by atoms with Crippen LogP contribution in [0.5, 0.6) is 0 Å². The molecule has 0 aliphatic heterocycles. The molecule has 1 aromatic rings. The maximum atomic E-state index is 3.45. The maximum Gasteiger partial charge on any atom is 0.0467 e. The van der Waals surface area contributed by atoms with Crippen LogP contribution in [0, 0.1) is 5.41 Å². The first kappa shape index (κ1) is 9.22. The summed E-state index contributed by atoms with van der Waals surface area (Å²) in [5, 5.41) is 5.67. The van der Waals surface area contributed by atoms with E-state index in [2.05, 4.69) is 37.7 Å². The number of hydrogen-bond acceptors (Lipinski definition) is 2. The summed E-state index contributed by atoms with van der Waals surface area (Å²) in [6.45, 7) is 4.72.